The number of hydrogen-bond acceptors (Lipinski definition) is 2. The average Bonchev–Trinajstić information content (AvgIpc) is 2.29. The Balaban J connectivity index is 1.69. The van der Waals surface area contributed by atoms with E-state index in [1.807, 2.05) is 4.90 Å². The van der Waals surface area contributed by atoms with Gasteiger partial charge in [0.25, 0.3) is 0 Å². The fraction of sp³-hybridized carbons (Fsp3) is 0.909. The van der Waals surface area contributed by atoms with Crippen LogP contribution in [0.3, 0.4) is 0 Å². The molecule has 0 saturated carbocycles. The Hall–Kier alpha value is -0.770. The van der Waals surface area contributed by atoms with Crippen molar-refractivity contribution >= 4 is 6.03 Å². The maximum absolute atomic E-state index is 11.5. The van der Waals surface area contributed by atoms with Crippen molar-refractivity contribution < 1.29 is 4.79 Å². The lowest BCUT2D eigenvalue weighted by atomic mass is 10.1. The molecule has 1 N–H and O–H groups in total. The van der Waals surface area contributed by atoms with E-state index < -0.39 is 0 Å². The van der Waals surface area contributed by atoms with Crippen LogP contribution < -0.4 is 5.32 Å². The Kier molecular flexibility index (Phi) is 3.83. The maximum atomic E-state index is 11.5. The Bertz CT molecular complexity index is 214. The van der Waals surface area contributed by atoms with Crippen LogP contribution in [0.25, 0.3) is 0 Å². The number of rotatable bonds is 3. The first-order valence-corrected chi connectivity index (χ1v) is 6.11. The van der Waals surface area contributed by atoms with Crippen molar-refractivity contribution in [1.82, 2.24) is 15.1 Å². The molecule has 4 heteroatoms. The van der Waals surface area contributed by atoms with E-state index in [1.165, 1.54) is 32.4 Å². The molecule has 4 nitrogen and oxygen atoms in total. The summed E-state index contributed by atoms with van der Waals surface area (Å²) in [5.41, 5.74) is 0. The number of amides is 2. The van der Waals surface area contributed by atoms with Crippen molar-refractivity contribution in [3.05, 3.63) is 0 Å². The number of hydrogen-bond donors (Lipinski definition) is 1. The third kappa shape index (κ3) is 3.09. The van der Waals surface area contributed by atoms with Crippen LogP contribution >= 0.6 is 0 Å². The Labute approximate surface area is 91.6 Å². The molecule has 2 rings (SSSR count). The molecule has 0 bridgehead atoms. The lowest BCUT2D eigenvalue weighted by molar-refractivity contribution is 0.163. The van der Waals surface area contributed by atoms with Crippen LogP contribution in [0.5, 0.6) is 0 Å². The molecule has 2 aliphatic heterocycles. The lowest BCUT2D eigenvalue weighted by Gasteiger charge is -2.32. The number of carbonyl (C=O) groups excluding carboxylic acids is 1. The minimum Gasteiger partial charge on any atom is -0.338 e. The predicted molar refractivity (Wildman–Crippen MR) is 59.9 cm³/mol. The van der Waals surface area contributed by atoms with E-state index in [4.69, 9.17) is 0 Å². The molecule has 0 aromatic carbocycles. The molecule has 0 aromatic rings. The molecule has 0 unspecified atom stereocenters. The fourth-order valence-electron chi connectivity index (χ4n) is 2.34. The molecule has 2 fully saturated rings. The van der Waals surface area contributed by atoms with E-state index in [0.29, 0.717) is 0 Å². The molecule has 0 radical (unpaired) electrons. The van der Waals surface area contributed by atoms with E-state index in [0.717, 1.165) is 32.6 Å². The van der Waals surface area contributed by atoms with Crippen molar-refractivity contribution in [3.8, 4) is 0 Å². The standard InChI is InChI=1S/C11H21N3O/c15-11-12-5-4-8-14(11)10-9-13-6-2-1-3-7-13/h1-10H2,(H,12,15). The van der Waals surface area contributed by atoms with Gasteiger partial charge in [0.15, 0.2) is 0 Å². The molecular weight excluding hydrogens is 190 g/mol. The molecule has 86 valence electrons. The van der Waals surface area contributed by atoms with Crippen LogP contribution in [-0.2, 0) is 0 Å². The van der Waals surface area contributed by atoms with Crippen LogP contribution in [0.2, 0.25) is 0 Å². The molecule has 2 amide bonds. The summed E-state index contributed by atoms with van der Waals surface area (Å²) >= 11 is 0. The number of carbonyl (C=O) groups is 1. The minimum atomic E-state index is 0.123. The number of piperidine rings is 1. The van der Waals surface area contributed by atoms with Gasteiger partial charge in [-0.1, -0.05) is 6.42 Å². The van der Waals surface area contributed by atoms with Gasteiger partial charge < -0.3 is 15.1 Å². The number of nitrogens with one attached hydrogen (secondary N) is 1. The average molecular weight is 211 g/mol. The summed E-state index contributed by atoms with van der Waals surface area (Å²) in [6.45, 7) is 6.16. The number of likely N-dealkylation sites (tertiary alicyclic amines) is 1. The normalized spacial score (nSPS) is 24.0. The summed E-state index contributed by atoms with van der Waals surface area (Å²) in [7, 11) is 0. The van der Waals surface area contributed by atoms with Gasteiger partial charge in [-0.3, -0.25) is 0 Å². The van der Waals surface area contributed by atoms with E-state index in [9.17, 15) is 4.79 Å². The summed E-state index contributed by atoms with van der Waals surface area (Å²) in [6, 6.07) is 0.123. The van der Waals surface area contributed by atoms with E-state index in [1.54, 1.807) is 0 Å². The lowest BCUT2D eigenvalue weighted by Crippen LogP contribution is -2.49. The maximum Gasteiger partial charge on any atom is 0.317 e. The zero-order valence-electron chi connectivity index (χ0n) is 9.37. The fourth-order valence-corrected chi connectivity index (χ4v) is 2.34. The monoisotopic (exact) mass is 211 g/mol. The largest absolute Gasteiger partial charge is 0.338 e. The van der Waals surface area contributed by atoms with Crippen LogP contribution in [0, 0.1) is 0 Å². The smallest absolute Gasteiger partial charge is 0.317 e. The van der Waals surface area contributed by atoms with Crippen LogP contribution in [-0.4, -0.2) is 55.1 Å². The summed E-state index contributed by atoms with van der Waals surface area (Å²) in [5.74, 6) is 0. The highest BCUT2D eigenvalue weighted by Gasteiger charge is 2.18. The van der Waals surface area contributed by atoms with Gasteiger partial charge in [0.05, 0.1) is 0 Å². The van der Waals surface area contributed by atoms with E-state index >= 15 is 0 Å². The highest BCUT2D eigenvalue weighted by molar-refractivity contribution is 5.74. The summed E-state index contributed by atoms with van der Waals surface area (Å²) < 4.78 is 0. The second kappa shape index (κ2) is 5.35. The van der Waals surface area contributed by atoms with Gasteiger partial charge >= 0.3 is 6.03 Å². The first kappa shape index (κ1) is 10.7. The number of urea groups is 1. The van der Waals surface area contributed by atoms with Crippen LogP contribution in [0.4, 0.5) is 4.79 Å². The van der Waals surface area contributed by atoms with Gasteiger partial charge in [-0.05, 0) is 32.4 Å². The Morgan fingerprint density at radius 3 is 2.53 bits per heavy atom. The van der Waals surface area contributed by atoms with E-state index in [2.05, 4.69) is 10.2 Å². The van der Waals surface area contributed by atoms with Crippen molar-refractivity contribution in [2.45, 2.75) is 25.7 Å². The SMILES string of the molecule is O=C1NCCCN1CCN1CCCCC1. The van der Waals surface area contributed by atoms with Gasteiger partial charge in [-0.15, -0.1) is 0 Å². The Morgan fingerprint density at radius 1 is 1.00 bits per heavy atom. The predicted octanol–water partition coefficient (Wildman–Crippen LogP) is 0.888. The summed E-state index contributed by atoms with van der Waals surface area (Å²) in [6.07, 6.45) is 5.12. The Morgan fingerprint density at radius 2 is 1.80 bits per heavy atom. The van der Waals surface area contributed by atoms with Crippen LogP contribution in [0.15, 0.2) is 0 Å². The topological polar surface area (TPSA) is 35.6 Å². The third-order valence-corrected chi connectivity index (χ3v) is 3.30. The van der Waals surface area contributed by atoms with Crippen molar-refractivity contribution in [2.24, 2.45) is 0 Å². The van der Waals surface area contributed by atoms with Crippen molar-refractivity contribution in [2.75, 3.05) is 39.3 Å². The number of nitrogens with zero attached hydrogens (tertiary/aromatic N) is 2. The van der Waals surface area contributed by atoms with Gasteiger partial charge in [0, 0.05) is 26.2 Å². The van der Waals surface area contributed by atoms with Crippen molar-refractivity contribution in [3.63, 3.8) is 0 Å². The second-order valence-corrected chi connectivity index (χ2v) is 4.47. The second-order valence-electron chi connectivity index (χ2n) is 4.47. The molecule has 0 aliphatic carbocycles. The van der Waals surface area contributed by atoms with Crippen LogP contribution in [0.1, 0.15) is 25.7 Å². The quantitative estimate of drug-likeness (QED) is 0.752. The van der Waals surface area contributed by atoms with Gasteiger partial charge in [-0.25, -0.2) is 4.79 Å². The molecule has 2 saturated heterocycles. The summed E-state index contributed by atoms with van der Waals surface area (Å²) in [5, 5.41) is 2.89. The summed E-state index contributed by atoms with van der Waals surface area (Å²) in [4.78, 5) is 15.9. The molecule has 2 aliphatic rings. The van der Waals surface area contributed by atoms with Gasteiger partial charge in [0.2, 0.25) is 0 Å². The molecule has 15 heavy (non-hydrogen) atoms. The van der Waals surface area contributed by atoms with Gasteiger partial charge in [-0.2, -0.15) is 0 Å². The highest BCUT2D eigenvalue weighted by atomic mass is 16.2. The third-order valence-electron chi connectivity index (χ3n) is 3.30. The van der Waals surface area contributed by atoms with Crippen molar-refractivity contribution in [1.29, 1.82) is 0 Å². The molecule has 2 heterocycles. The first-order chi connectivity index (χ1) is 7.36. The molecule has 0 atom stereocenters. The zero-order valence-corrected chi connectivity index (χ0v) is 9.37. The highest BCUT2D eigenvalue weighted by Crippen LogP contribution is 2.08. The first-order valence-electron chi connectivity index (χ1n) is 6.11. The molecule has 0 aromatic heterocycles. The molecule has 0 spiro atoms. The van der Waals surface area contributed by atoms with E-state index in [-0.39, 0.29) is 6.03 Å². The minimum absolute atomic E-state index is 0.123. The van der Waals surface area contributed by atoms with Gasteiger partial charge in [0.1, 0.15) is 0 Å². The zero-order chi connectivity index (χ0) is 10.5. The molecular formula is C11H21N3O.